The van der Waals surface area contributed by atoms with Crippen molar-refractivity contribution in [3.63, 3.8) is 0 Å². The van der Waals surface area contributed by atoms with Gasteiger partial charge in [-0.25, -0.2) is 0 Å². The molecule has 5 heteroatoms. The van der Waals surface area contributed by atoms with Crippen LogP contribution in [0.5, 0.6) is 0 Å². The van der Waals surface area contributed by atoms with Crippen LogP contribution in [0.15, 0.2) is 0 Å². The summed E-state index contributed by atoms with van der Waals surface area (Å²) < 4.78 is 0.553. The SMILES string of the molecule is CCCCCCCCCCCCCCCCCC[N+](C)(CCC(=O)O)CCC(=O)O. The molecule has 0 saturated carbocycles. The fourth-order valence-corrected chi connectivity index (χ4v) is 4.11. The second-order valence-corrected chi connectivity index (χ2v) is 9.38. The van der Waals surface area contributed by atoms with Crippen LogP contribution in [-0.4, -0.2) is 53.3 Å². The third kappa shape index (κ3) is 20.2. The van der Waals surface area contributed by atoms with Gasteiger partial charge in [-0.3, -0.25) is 9.59 Å². The monoisotopic (exact) mass is 428 g/mol. The fourth-order valence-electron chi connectivity index (χ4n) is 4.11. The Hall–Kier alpha value is -1.10. The van der Waals surface area contributed by atoms with Crippen LogP contribution in [0.3, 0.4) is 0 Å². The molecule has 0 bridgehead atoms. The second-order valence-electron chi connectivity index (χ2n) is 9.38. The molecule has 0 aliphatic carbocycles. The molecule has 0 aromatic rings. The summed E-state index contributed by atoms with van der Waals surface area (Å²) in [6.07, 6.45) is 21.6. The first-order valence-electron chi connectivity index (χ1n) is 12.7. The van der Waals surface area contributed by atoms with Gasteiger partial charge in [-0.2, -0.15) is 0 Å². The van der Waals surface area contributed by atoms with E-state index in [1.807, 2.05) is 7.05 Å². The minimum atomic E-state index is -0.804. The molecular weight excluding hydrogens is 378 g/mol. The van der Waals surface area contributed by atoms with E-state index < -0.39 is 11.9 Å². The normalized spacial score (nSPS) is 11.7. The lowest BCUT2D eigenvalue weighted by atomic mass is 10.0. The van der Waals surface area contributed by atoms with Gasteiger partial charge in [0, 0.05) is 0 Å². The Morgan fingerprint density at radius 1 is 0.533 bits per heavy atom. The van der Waals surface area contributed by atoms with Gasteiger partial charge in [0.1, 0.15) is 0 Å². The van der Waals surface area contributed by atoms with Crippen molar-refractivity contribution in [3.8, 4) is 0 Å². The zero-order chi connectivity index (χ0) is 22.5. The van der Waals surface area contributed by atoms with Crippen LogP contribution in [0, 0.1) is 0 Å². The van der Waals surface area contributed by atoms with Crippen molar-refractivity contribution in [2.45, 2.75) is 122 Å². The zero-order valence-corrected chi connectivity index (χ0v) is 20.0. The van der Waals surface area contributed by atoms with E-state index in [-0.39, 0.29) is 12.8 Å². The maximum atomic E-state index is 10.9. The minimum absolute atomic E-state index is 0.106. The number of carbonyl (C=O) groups is 2. The Morgan fingerprint density at radius 3 is 1.13 bits per heavy atom. The highest BCUT2D eigenvalue weighted by molar-refractivity contribution is 5.67. The third-order valence-corrected chi connectivity index (χ3v) is 6.28. The average Bonchev–Trinajstić information content (AvgIpc) is 2.70. The predicted molar refractivity (Wildman–Crippen MR) is 125 cm³/mol. The summed E-state index contributed by atoms with van der Waals surface area (Å²) in [7, 11) is 2.00. The van der Waals surface area contributed by atoms with E-state index in [1.165, 1.54) is 89.9 Å². The summed E-state index contributed by atoms with van der Waals surface area (Å²) in [4.78, 5) is 21.8. The lowest BCUT2D eigenvalue weighted by Gasteiger charge is -2.34. The number of hydrogen-bond donors (Lipinski definition) is 2. The summed E-state index contributed by atoms with van der Waals surface area (Å²) in [5, 5.41) is 17.9. The molecule has 0 rings (SSSR count). The molecule has 0 aliphatic rings. The molecule has 0 aromatic heterocycles. The molecule has 0 fully saturated rings. The predicted octanol–water partition coefficient (Wildman–Crippen LogP) is 6.64. The maximum absolute atomic E-state index is 10.9. The van der Waals surface area contributed by atoms with E-state index in [1.54, 1.807) is 0 Å². The van der Waals surface area contributed by atoms with Crippen LogP contribution in [0.2, 0.25) is 0 Å². The number of nitrogens with zero attached hydrogens (tertiary/aromatic N) is 1. The van der Waals surface area contributed by atoms with E-state index >= 15 is 0 Å². The van der Waals surface area contributed by atoms with Gasteiger partial charge in [-0.1, -0.05) is 96.8 Å². The van der Waals surface area contributed by atoms with E-state index in [0.717, 1.165) is 19.4 Å². The standard InChI is InChI=1S/C25H49NO4/c1-3-4-5-6-7-8-9-10-11-12-13-14-15-16-17-18-21-26(2,22-19-24(27)28)23-20-25(29)30/h3-23H2,1-2H3,(H-,27,28,29,30)/p+1. The molecule has 0 aromatic carbocycles. The quantitative estimate of drug-likeness (QED) is 0.141. The van der Waals surface area contributed by atoms with Gasteiger partial charge in [0.15, 0.2) is 0 Å². The van der Waals surface area contributed by atoms with Crippen LogP contribution < -0.4 is 0 Å². The van der Waals surface area contributed by atoms with Crippen molar-refractivity contribution in [2.75, 3.05) is 26.7 Å². The first-order chi connectivity index (χ1) is 14.4. The molecular formula is C25H50NO4+. The van der Waals surface area contributed by atoms with Gasteiger partial charge < -0.3 is 14.7 Å². The summed E-state index contributed by atoms with van der Waals surface area (Å²) in [6.45, 7) is 4.17. The minimum Gasteiger partial charge on any atom is -0.481 e. The van der Waals surface area contributed by atoms with Crippen LogP contribution in [0.4, 0.5) is 0 Å². The largest absolute Gasteiger partial charge is 0.481 e. The molecule has 0 amide bonds. The molecule has 0 heterocycles. The van der Waals surface area contributed by atoms with Gasteiger partial charge in [0.05, 0.1) is 39.5 Å². The first-order valence-corrected chi connectivity index (χ1v) is 12.7. The second kappa shape index (κ2) is 19.8. The van der Waals surface area contributed by atoms with Crippen molar-refractivity contribution >= 4 is 11.9 Å². The highest BCUT2D eigenvalue weighted by Crippen LogP contribution is 2.15. The number of hydrogen-bond acceptors (Lipinski definition) is 2. The topological polar surface area (TPSA) is 74.6 Å². The average molecular weight is 429 g/mol. The maximum Gasteiger partial charge on any atom is 0.309 e. The van der Waals surface area contributed by atoms with Crippen molar-refractivity contribution in [1.29, 1.82) is 0 Å². The molecule has 0 saturated heterocycles. The van der Waals surface area contributed by atoms with Gasteiger partial charge in [0.25, 0.3) is 0 Å². The molecule has 0 spiro atoms. The number of aliphatic carboxylic acids is 2. The molecule has 0 unspecified atom stereocenters. The number of unbranched alkanes of at least 4 members (excludes halogenated alkanes) is 15. The van der Waals surface area contributed by atoms with Crippen molar-refractivity contribution in [3.05, 3.63) is 0 Å². The van der Waals surface area contributed by atoms with E-state index in [2.05, 4.69) is 6.92 Å². The van der Waals surface area contributed by atoms with Crippen molar-refractivity contribution in [2.24, 2.45) is 0 Å². The fraction of sp³-hybridized carbons (Fsp3) is 0.920. The Kier molecular flexibility index (Phi) is 19.1. The van der Waals surface area contributed by atoms with E-state index in [0.29, 0.717) is 17.6 Å². The number of carboxylic acids is 2. The van der Waals surface area contributed by atoms with Crippen molar-refractivity contribution in [1.82, 2.24) is 0 Å². The number of quaternary nitrogens is 1. The number of rotatable bonds is 23. The molecule has 5 nitrogen and oxygen atoms in total. The highest BCUT2D eigenvalue weighted by atomic mass is 16.4. The van der Waals surface area contributed by atoms with Crippen LogP contribution in [-0.2, 0) is 9.59 Å². The molecule has 2 N–H and O–H groups in total. The smallest absolute Gasteiger partial charge is 0.309 e. The first kappa shape index (κ1) is 28.9. The van der Waals surface area contributed by atoms with Gasteiger partial charge in [-0.15, -0.1) is 0 Å². The van der Waals surface area contributed by atoms with Crippen LogP contribution in [0.25, 0.3) is 0 Å². The van der Waals surface area contributed by atoms with E-state index in [9.17, 15) is 9.59 Å². The summed E-state index contributed by atoms with van der Waals surface area (Å²) in [6, 6.07) is 0. The van der Waals surface area contributed by atoms with Gasteiger partial charge >= 0.3 is 11.9 Å². The Bertz CT molecular complexity index is 407. The Morgan fingerprint density at radius 2 is 0.833 bits per heavy atom. The summed E-state index contributed by atoms with van der Waals surface area (Å²) in [5.74, 6) is -1.61. The Balaban J connectivity index is 3.58. The van der Waals surface area contributed by atoms with Gasteiger partial charge in [-0.05, 0) is 12.8 Å². The van der Waals surface area contributed by atoms with Gasteiger partial charge in [0.2, 0.25) is 0 Å². The summed E-state index contributed by atoms with van der Waals surface area (Å²) in [5.41, 5.74) is 0. The third-order valence-electron chi connectivity index (χ3n) is 6.28. The molecule has 0 aliphatic heterocycles. The molecule has 0 radical (unpaired) electrons. The van der Waals surface area contributed by atoms with Crippen molar-refractivity contribution < 1.29 is 24.3 Å². The van der Waals surface area contributed by atoms with Crippen LogP contribution >= 0.6 is 0 Å². The Labute approximate surface area is 185 Å². The lowest BCUT2D eigenvalue weighted by molar-refractivity contribution is -0.908. The zero-order valence-electron chi connectivity index (χ0n) is 20.0. The van der Waals surface area contributed by atoms with E-state index in [4.69, 9.17) is 10.2 Å². The molecule has 30 heavy (non-hydrogen) atoms. The number of carboxylic acid groups (broad SMARTS) is 2. The lowest BCUT2D eigenvalue weighted by Crippen LogP contribution is -2.47. The highest BCUT2D eigenvalue weighted by Gasteiger charge is 2.23. The van der Waals surface area contributed by atoms with Crippen LogP contribution in [0.1, 0.15) is 122 Å². The summed E-state index contributed by atoms with van der Waals surface area (Å²) >= 11 is 0. The molecule has 0 atom stereocenters. The molecule has 178 valence electrons.